The third-order valence-electron chi connectivity index (χ3n) is 4.70. The van der Waals surface area contributed by atoms with Crippen molar-refractivity contribution in [2.45, 2.75) is 39.0 Å². The van der Waals surface area contributed by atoms with Crippen molar-refractivity contribution in [2.24, 2.45) is 4.99 Å². The zero-order chi connectivity index (χ0) is 17.5. The second kappa shape index (κ2) is 9.16. The number of unbranched alkanes of at least 4 members (excludes halogenated alkanes) is 1. The van der Waals surface area contributed by atoms with Crippen LogP contribution >= 0.6 is 11.6 Å². The maximum absolute atomic E-state index is 6.04. The molecule has 2 heterocycles. The van der Waals surface area contributed by atoms with Gasteiger partial charge < -0.3 is 10.2 Å². The number of rotatable bonds is 6. The highest BCUT2D eigenvalue weighted by molar-refractivity contribution is 6.31. The minimum atomic E-state index is 0.705. The lowest BCUT2D eigenvalue weighted by atomic mass is 10.1. The molecule has 0 amide bonds. The number of nitrogens with one attached hydrogen (secondary N) is 1. The number of benzene rings is 1. The molecule has 0 saturated carbocycles. The lowest BCUT2D eigenvalue weighted by Gasteiger charge is -2.26. The molecule has 0 atom stereocenters. The fourth-order valence-corrected chi connectivity index (χ4v) is 3.51. The molecule has 1 saturated heterocycles. The minimum Gasteiger partial charge on any atom is -0.344 e. The smallest absolute Gasteiger partial charge is 0.0975 e. The van der Waals surface area contributed by atoms with Crippen LogP contribution in [0.5, 0.6) is 0 Å². The molecule has 1 N–H and O–H groups in total. The van der Waals surface area contributed by atoms with Crippen LogP contribution in [0.2, 0.25) is 5.02 Å². The fraction of sp³-hybridized carbons (Fsp3) is 0.500. The molecule has 4 nitrogen and oxygen atoms in total. The first kappa shape index (κ1) is 18.2. The molecule has 0 unspecified atom stereocenters. The number of aliphatic imine (C=N–C) groups is 1. The van der Waals surface area contributed by atoms with Crippen molar-refractivity contribution in [1.82, 2.24) is 9.88 Å². The molecule has 134 valence electrons. The molecular weight excluding hydrogens is 332 g/mol. The first-order valence-corrected chi connectivity index (χ1v) is 9.65. The topological polar surface area (TPSA) is 40.5 Å². The normalized spacial score (nSPS) is 16.3. The first-order valence-electron chi connectivity index (χ1n) is 9.27. The van der Waals surface area contributed by atoms with Crippen molar-refractivity contribution in [3.8, 4) is 0 Å². The van der Waals surface area contributed by atoms with Crippen LogP contribution in [-0.2, 0) is 0 Å². The maximum atomic E-state index is 6.04. The molecule has 5 heteroatoms. The minimum absolute atomic E-state index is 0.705. The number of pyridine rings is 1. The molecule has 3 rings (SSSR count). The van der Waals surface area contributed by atoms with Gasteiger partial charge in [-0.05, 0) is 76.5 Å². The van der Waals surface area contributed by atoms with Gasteiger partial charge in [0.05, 0.1) is 17.0 Å². The van der Waals surface area contributed by atoms with Gasteiger partial charge >= 0.3 is 0 Å². The summed E-state index contributed by atoms with van der Waals surface area (Å²) in [7, 11) is 0. The molecule has 1 fully saturated rings. The number of amidine groups is 1. The largest absolute Gasteiger partial charge is 0.344 e. The number of anilines is 1. The summed E-state index contributed by atoms with van der Waals surface area (Å²) in [4.78, 5) is 11.6. The van der Waals surface area contributed by atoms with Gasteiger partial charge in [0.25, 0.3) is 0 Å². The molecule has 0 spiro atoms. The number of hydrogen-bond donors (Lipinski definition) is 1. The third kappa shape index (κ3) is 5.41. The Morgan fingerprint density at radius 1 is 1.20 bits per heavy atom. The van der Waals surface area contributed by atoms with E-state index in [0.717, 1.165) is 35.4 Å². The van der Waals surface area contributed by atoms with Crippen LogP contribution in [-0.4, -0.2) is 41.9 Å². The Morgan fingerprint density at radius 3 is 2.88 bits per heavy atom. The summed E-state index contributed by atoms with van der Waals surface area (Å²) >= 11 is 6.04. The SMILES string of the molecule is CC(=NCCCCN1CCCCC1)Nc1ccnc2cc(Cl)ccc12. The van der Waals surface area contributed by atoms with Crippen LogP contribution in [0.15, 0.2) is 35.5 Å². The second-order valence-corrected chi connectivity index (χ2v) is 7.16. The van der Waals surface area contributed by atoms with Crippen molar-refractivity contribution in [2.75, 3.05) is 31.5 Å². The molecule has 1 aliphatic rings. The van der Waals surface area contributed by atoms with Gasteiger partial charge in [0.2, 0.25) is 0 Å². The van der Waals surface area contributed by atoms with E-state index in [1.54, 1.807) is 6.20 Å². The summed E-state index contributed by atoms with van der Waals surface area (Å²) in [6.45, 7) is 6.68. The predicted octanol–water partition coefficient (Wildman–Crippen LogP) is 4.98. The van der Waals surface area contributed by atoms with E-state index in [-0.39, 0.29) is 0 Å². The van der Waals surface area contributed by atoms with Gasteiger partial charge in [-0.1, -0.05) is 18.0 Å². The van der Waals surface area contributed by atoms with Gasteiger partial charge in [-0.25, -0.2) is 0 Å². The van der Waals surface area contributed by atoms with E-state index in [2.05, 4.69) is 20.2 Å². The van der Waals surface area contributed by atoms with Crippen LogP contribution in [0, 0.1) is 0 Å². The van der Waals surface area contributed by atoms with Crippen molar-refractivity contribution in [1.29, 1.82) is 0 Å². The van der Waals surface area contributed by atoms with Crippen molar-refractivity contribution in [3.05, 3.63) is 35.5 Å². The fourth-order valence-electron chi connectivity index (χ4n) is 3.34. The van der Waals surface area contributed by atoms with Crippen LogP contribution < -0.4 is 5.32 Å². The van der Waals surface area contributed by atoms with E-state index < -0.39 is 0 Å². The van der Waals surface area contributed by atoms with Crippen LogP contribution in [0.1, 0.15) is 39.0 Å². The van der Waals surface area contributed by atoms with Crippen LogP contribution in [0.4, 0.5) is 5.69 Å². The number of aromatic nitrogens is 1. The van der Waals surface area contributed by atoms with Gasteiger partial charge in [-0.15, -0.1) is 0 Å². The van der Waals surface area contributed by atoms with Gasteiger partial charge in [-0.2, -0.15) is 0 Å². The zero-order valence-corrected chi connectivity index (χ0v) is 15.7. The van der Waals surface area contributed by atoms with E-state index in [4.69, 9.17) is 11.6 Å². The standard InChI is InChI=1S/C20H27ClN4/c1-16(22-10-3-6-14-25-12-4-2-5-13-25)24-19-9-11-23-20-15-17(21)7-8-18(19)20/h7-9,11,15H,2-6,10,12-14H2,1H3,(H,22,23,24). The molecular formula is C20H27ClN4. The highest BCUT2D eigenvalue weighted by Crippen LogP contribution is 2.24. The lowest BCUT2D eigenvalue weighted by molar-refractivity contribution is 0.225. The Bertz CT molecular complexity index is 723. The Hall–Kier alpha value is -1.65. The number of nitrogens with zero attached hydrogens (tertiary/aromatic N) is 3. The molecule has 0 radical (unpaired) electrons. The van der Waals surface area contributed by atoms with Crippen LogP contribution in [0.25, 0.3) is 10.9 Å². The Labute approximate surface area is 155 Å². The average Bonchev–Trinajstić information content (AvgIpc) is 2.62. The average molecular weight is 359 g/mol. The summed E-state index contributed by atoms with van der Waals surface area (Å²) < 4.78 is 0. The Balaban J connectivity index is 1.48. The van der Waals surface area contributed by atoms with Crippen LogP contribution in [0.3, 0.4) is 0 Å². The number of piperidine rings is 1. The highest BCUT2D eigenvalue weighted by atomic mass is 35.5. The molecule has 25 heavy (non-hydrogen) atoms. The van der Waals surface area contributed by atoms with Crippen molar-refractivity contribution < 1.29 is 0 Å². The summed E-state index contributed by atoms with van der Waals surface area (Å²) in [5.74, 6) is 0.945. The van der Waals surface area contributed by atoms with Crippen molar-refractivity contribution >= 4 is 34.0 Å². The quantitative estimate of drug-likeness (QED) is 0.449. The lowest BCUT2D eigenvalue weighted by Crippen LogP contribution is -2.30. The number of fused-ring (bicyclic) bond motifs is 1. The van der Waals surface area contributed by atoms with Crippen molar-refractivity contribution in [3.63, 3.8) is 0 Å². The number of likely N-dealkylation sites (tertiary alicyclic amines) is 1. The monoisotopic (exact) mass is 358 g/mol. The molecule has 0 aliphatic carbocycles. The number of halogens is 1. The molecule has 0 bridgehead atoms. The summed E-state index contributed by atoms with van der Waals surface area (Å²) in [6.07, 6.45) is 8.31. The molecule has 1 aliphatic heterocycles. The van der Waals surface area contributed by atoms with E-state index >= 15 is 0 Å². The number of hydrogen-bond acceptors (Lipinski definition) is 3. The van der Waals surface area contributed by atoms with Gasteiger partial charge in [0.15, 0.2) is 0 Å². The molecule has 1 aromatic carbocycles. The van der Waals surface area contributed by atoms with Gasteiger partial charge in [0, 0.05) is 23.2 Å². The predicted molar refractivity (Wildman–Crippen MR) is 108 cm³/mol. The Morgan fingerprint density at radius 2 is 2.04 bits per heavy atom. The van der Waals surface area contributed by atoms with Gasteiger partial charge in [0.1, 0.15) is 0 Å². The summed E-state index contributed by atoms with van der Waals surface area (Å²) in [5, 5.41) is 5.17. The zero-order valence-electron chi connectivity index (χ0n) is 15.0. The molecule has 1 aromatic heterocycles. The summed E-state index contributed by atoms with van der Waals surface area (Å²) in [5.41, 5.74) is 1.92. The first-order chi connectivity index (χ1) is 12.2. The molecule has 2 aromatic rings. The van der Waals surface area contributed by atoms with Gasteiger partial charge in [-0.3, -0.25) is 9.98 Å². The summed E-state index contributed by atoms with van der Waals surface area (Å²) in [6, 6.07) is 7.75. The third-order valence-corrected chi connectivity index (χ3v) is 4.94. The Kier molecular flexibility index (Phi) is 6.65. The second-order valence-electron chi connectivity index (χ2n) is 6.72. The van der Waals surface area contributed by atoms with E-state index in [1.165, 1.54) is 45.3 Å². The maximum Gasteiger partial charge on any atom is 0.0975 e. The van der Waals surface area contributed by atoms with E-state index in [0.29, 0.717) is 5.02 Å². The van der Waals surface area contributed by atoms with E-state index in [1.807, 2.05) is 31.2 Å². The highest BCUT2D eigenvalue weighted by Gasteiger charge is 2.08. The van der Waals surface area contributed by atoms with E-state index in [9.17, 15) is 0 Å².